The Labute approximate surface area is 205 Å². The van der Waals surface area contributed by atoms with Gasteiger partial charge in [0.15, 0.2) is 5.11 Å². The highest BCUT2D eigenvalue weighted by Gasteiger charge is 2.42. The van der Waals surface area contributed by atoms with Crippen LogP contribution in [0.15, 0.2) is 48.7 Å². The maximum atomic E-state index is 12.6. The van der Waals surface area contributed by atoms with Gasteiger partial charge in [-0.3, -0.25) is 9.78 Å². The first-order valence-electron chi connectivity index (χ1n) is 11.3. The van der Waals surface area contributed by atoms with Gasteiger partial charge in [-0.15, -0.1) is 0 Å². The minimum absolute atomic E-state index is 0.0802. The Bertz CT molecular complexity index is 1220. The standard InChI is InChI=1S/C26H31N5O2S/c1-15-13-18(16(2)28-15)23-22(20-9-7-8-12-27-20)30-25(34)31(23)17-10-11-19(21(14-17)33-6)29-24(32)26(3,4)5/h7-14,22-23,28H,1-6H3,(H,29,32)(H,30,34)/t22-,23-/m0/s1. The van der Waals surface area contributed by atoms with Crippen LogP contribution in [0.3, 0.4) is 0 Å². The van der Waals surface area contributed by atoms with E-state index >= 15 is 0 Å². The molecule has 178 valence electrons. The van der Waals surface area contributed by atoms with Gasteiger partial charge in [-0.2, -0.15) is 0 Å². The highest BCUT2D eigenvalue weighted by atomic mass is 32.1. The van der Waals surface area contributed by atoms with Gasteiger partial charge in [0.2, 0.25) is 5.91 Å². The predicted octanol–water partition coefficient (Wildman–Crippen LogP) is 5.20. The van der Waals surface area contributed by atoms with Crippen molar-refractivity contribution in [2.75, 3.05) is 17.3 Å². The molecule has 0 aliphatic carbocycles. The summed E-state index contributed by atoms with van der Waals surface area (Å²) in [4.78, 5) is 22.7. The van der Waals surface area contributed by atoms with Crippen LogP contribution >= 0.6 is 12.2 Å². The largest absolute Gasteiger partial charge is 0.494 e. The van der Waals surface area contributed by atoms with Crippen LogP contribution < -0.4 is 20.3 Å². The molecule has 0 saturated carbocycles. The number of hydrogen-bond donors (Lipinski definition) is 3. The molecule has 0 unspecified atom stereocenters. The minimum Gasteiger partial charge on any atom is -0.494 e. The number of hydrogen-bond acceptors (Lipinski definition) is 4. The maximum Gasteiger partial charge on any atom is 0.229 e. The molecule has 1 aliphatic rings. The van der Waals surface area contributed by atoms with E-state index in [1.807, 2.05) is 64.1 Å². The van der Waals surface area contributed by atoms with E-state index in [4.69, 9.17) is 17.0 Å². The zero-order valence-electron chi connectivity index (χ0n) is 20.4. The predicted molar refractivity (Wildman–Crippen MR) is 139 cm³/mol. The van der Waals surface area contributed by atoms with Crippen molar-refractivity contribution in [2.24, 2.45) is 5.41 Å². The normalized spacial score (nSPS) is 18.1. The number of benzene rings is 1. The molecule has 4 rings (SSSR count). The van der Waals surface area contributed by atoms with Crippen molar-refractivity contribution < 1.29 is 9.53 Å². The number of carbonyl (C=O) groups is 1. The van der Waals surface area contributed by atoms with Gasteiger partial charge < -0.3 is 25.3 Å². The van der Waals surface area contributed by atoms with Crippen molar-refractivity contribution in [2.45, 2.75) is 46.7 Å². The summed E-state index contributed by atoms with van der Waals surface area (Å²) in [5.41, 5.74) is 5.19. The van der Waals surface area contributed by atoms with Crippen molar-refractivity contribution in [3.63, 3.8) is 0 Å². The lowest BCUT2D eigenvalue weighted by Crippen LogP contribution is -2.30. The van der Waals surface area contributed by atoms with E-state index in [0.29, 0.717) is 16.5 Å². The molecule has 2 atom stereocenters. The third kappa shape index (κ3) is 4.50. The highest BCUT2D eigenvalue weighted by molar-refractivity contribution is 7.80. The van der Waals surface area contributed by atoms with Crippen molar-refractivity contribution in [1.29, 1.82) is 0 Å². The Morgan fingerprint density at radius 2 is 1.94 bits per heavy atom. The topological polar surface area (TPSA) is 82.3 Å². The van der Waals surface area contributed by atoms with Crippen molar-refractivity contribution in [3.8, 4) is 5.75 Å². The Hall–Kier alpha value is -3.39. The molecule has 3 N–H and O–H groups in total. The third-order valence-corrected chi connectivity index (χ3v) is 6.31. The first-order chi connectivity index (χ1) is 16.1. The van der Waals surface area contributed by atoms with Crippen molar-refractivity contribution in [1.82, 2.24) is 15.3 Å². The number of H-pyrrole nitrogens is 1. The summed E-state index contributed by atoms with van der Waals surface area (Å²) in [6.07, 6.45) is 1.80. The van der Waals surface area contributed by atoms with E-state index in [-0.39, 0.29) is 18.0 Å². The number of anilines is 2. The molecule has 0 spiro atoms. The van der Waals surface area contributed by atoms with E-state index in [1.54, 1.807) is 13.3 Å². The molecule has 3 aromatic rings. The molecule has 34 heavy (non-hydrogen) atoms. The number of pyridine rings is 1. The summed E-state index contributed by atoms with van der Waals surface area (Å²) in [5.74, 6) is 0.489. The average Bonchev–Trinajstić information content (AvgIpc) is 3.31. The fourth-order valence-corrected chi connectivity index (χ4v) is 4.59. The number of aromatic amines is 1. The summed E-state index contributed by atoms with van der Waals surface area (Å²) in [6.45, 7) is 9.75. The number of methoxy groups -OCH3 is 1. The van der Waals surface area contributed by atoms with Gasteiger partial charge in [-0.1, -0.05) is 26.8 Å². The van der Waals surface area contributed by atoms with E-state index in [9.17, 15) is 4.79 Å². The molecule has 3 heterocycles. The van der Waals surface area contributed by atoms with Gasteiger partial charge in [0.1, 0.15) is 5.75 Å². The number of nitrogens with zero attached hydrogens (tertiary/aromatic N) is 2. The molecule has 1 aliphatic heterocycles. The van der Waals surface area contributed by atoms with Gasteiger partial charge in [0, 0.05) is 34.8 Å². The van der Waals surface area contributed by atoms with Crippen LogP contribution in [0.25, 0.3) is 0 Å². The summed E-state index contributed by atoms with van der Waals surface area (Å²) >= 11 is 5.82. The molecular weight excluding hydrogens is 446 g/mol. The molecule has 8 heteroatoms. The summed E-state index contributed by atoms with van der Waals surface area (Å²) in [5, 5.41) is 7.06. The lowest BCUT2D eigenvalue weighted by Gasteiger charge is -2.28. The molecule has 1 aromatic carbocycles. The number of nitrogens with one attached hydrogen (secondary N) is 3. The molecule has 1 fully saturated rings. The molecule has 1 amide bonds. The van der Waals surface area contributed by atoms with Crippen LogP contribution in [0.2, 0.25) is 0 Å². The average molecular weight is 478 g/mol. The van der Waals surface area contributed by atoms with E-state index < -0.39 is 5.41 Å². The zero-order valence-corrected chi connectivity index (χ0v) is 21.2. The highest BCUT2D eigenvalue weighted by Crippen LogP contribution is 2.44. The van der Waals surface area contributed by atoms with Gasteiger partial charge in [-0.25, -0.2) is 0 Å². The van der Waals surface area contributed by atoms with Gasteiger partial charge >= 0.3 is 0 Å². The van der Waals surface area contributed by atoms with Gasteiger partial charge in [0.25, 0.3) is 0 Å². The van der Waals surface area contributed by atoms with Crippen LogP contribution in [0, 0.1) is 19.3 Å². The second kappa shape index (κ2) is 9.10. The lowest BCUT2D eigenvalue weighted by atomic mass is 9.95. The third-order valence-electron chi connectivity index (χ3n) is 6.00. The molecule has 2 aromatic heterocycles. The summed E-state index contributed by atoms with van der Waals surface area (Å²) < 4.78 is 5.65. The monoisotopic (exact) mass is 477 g/mol. The minimum atomic E-state index is -0.519. The number of amides is 1. The Morgan fingerprint density at radius 3 is 2.53 bits per heavy atom. The summed E-state index contributed by atoms with van der Waals surface area (Å²) in [6, 6.07) is 13.5. The number of aryl methyl sites for hydroxylation is 2. The molecule has 1 saturated heterocycles. The molecular formula is C26H31N5O2S. The smallest absolute Gasteiger partial charge is 0.229 e. The lowest BCUT2D eigenvalue weighted by molar-refractivity contribution is -0.123. The quantitative estimate of drug-likeness (QED) is 0.439. The number of rotatable bonds is 5. The van der Waals surface area contributed by atoms with Gasteiger partial charge in [0.05, 0.1) is 30.6 Å². The Morgan fingerprint density at radius 1 is 1.18 bits per heavy atom. The van der Waals surface area contributed by atoms with Crippen LogP contribution in [-0.4, -0.2) is 28.1 Å². The van der Waals surface area contributed by atoms with Gasteiger partial charge in [-0.05, 0) is 62.0 Å². The fraction of sp³-hybridized carbons (Fsp3) is 0.346. The number of thiocarbonyl (C=S) groups is 1. The van der Waals surface area contributed by atoms with Crippen LogP contribution in [0.5, 0.6) is 5.75 Å². The molecule has 0 bridgehead atoms. The van der Waals surface area contributed by atoms with Crippen LogP contribution in [0.4, 0.5) is 11.4 Å². The number of carbonyl (C=O) groups excluding carboxylic acids is 1. The second-order valence-electron chi connectivity index (χ2n) is 9.62. The molecule has 7 nitrogen and oxygen atoms in total. The fourth-order valence-electron chi connectivity index (χ4n) is 4.24. The maximum absolute atomic E-state index is 12.6. The molecule has 0 radical (unpaired) electrons. The first kappa shape index (κ1) is 23.8. The van der Waals surface area contributed by atoms with Crippen molar-refractivity contribution >= 4 is 34.6 Å². The Kier molecular flexibility index (Phi) is 6.36. The number of aromatic nitrogens is 2. The number of ether oxygens (including phenoxy) is 1. The van der Waals surface area contributed by atoms with E-state index in [0.717, 1.165) is 28.3 Å². The Balaban J connectivity index is 1.78. The summed E-state index contributed by atoms with van der Waals surface area (Å²) in [7, 11) is 1.60. The van der Waals surface area contributed by atoms with E-state index in [2.05, 4.69) is 38.5 Å². The zero-order chi connectivity index (χ0) is 24.6. The first-order valence-corrected chi connectivity index (χ1v) is 11.7. The van der Waals surface area contributed by atoms with E-state index in [1.165, 1.54) is 0 Å². The SMILES string of the molecule is COc1cc(N2C(=S)N[C@@H](c3ccccn3)[C@@H]2c2cc(C)[nH]c2C)ccc1NC(=O)C(C)(C)C. The van der Waals surface area contributed by atoms with Crippen molar-refractivity contribution in [3.05, 3.63) is 71.3 Å². The van der Waals surface area contributed by atoms with Crippen LogP contribution in [0.1, 0.15) is 55.5 Å². The van der Waals surface area contributed by atoms with Crippen LogP contribution in [-0.2, 0) is 4.79 Å². The second-order valence-corrected chi connectivity index (χ2v) is 10.0.